The highest BCUT2D eigenvalue weighted by Gasteiger charge is 2.29. The average Bonchev–Trinajstić information content (AvgIpc) is 3.18. The maximum absolute atomic E-state index is 12.7. The molecule has 3 rings (SSSR count). The van der Waals surface area contributed by atoms with E-state index >= 15 is 0 Å². The van der Waals surface area contributed by atoms with E-state index in [1.165, 1.54) is 5.56 Å². The Balaban J connectivity index is 1.62. The smallest absolute Gasteiger partial charge is 0.227 e. The third kappa shape index (κ3) is 4.00. The lowest BCUT2D eigenvalue weighted by Crippen LogP contribution is -2.39. The Morgan fingerprint density at radius 2 is 2.29 bits per heavy atom. The van der Waals surface area contributed by atoms with Gasteiger partial charge in [-0.1, -0.05) is 35.0 Å². The predicted octanol–water partition coefficient (Wildman–Crippen LogP) is 1.54. The van der Waals surface area contributed by atoms with Gasteiger partial charge in [-0.3, -0.25) is 9.48 Å². The van der Waals surface area contributed by atoms with E-state index in [9.17, 15) is 4.79 Å². The molecule has 1 fully saturated rings. The second-order valence-corrected chi connectivity index (χ2v) is 6.51. The predicted molar refractivity (Wildman–Crippen MR) is 92.4 cm³/mol. The highest BCUT2D eigenvalue weighted by Crippen LogP contribution is 2.20. The van der Waals surface area contributed by atoms with Gasteiger partial charge >= 0.3 is 0 Å². The Morgan fingerprint density at radius 3 is 3.08 bits per heavy atom. The van der Waals surface area contributed by atoms with E-state index in [0.717, 1.165) is 37.2 Å². The standard InChI is InChI=1S/C18H25N5O/c1-14-5-3-6-15(9-14)10-18(24)23-8-4-7-17(23)13-22-12-16(11-19-2)20-21-22/h3,5-6,9,12,17,19H,4,7-8,10-11,13H2,1-2H3. The first-order valence-corrected chi connectivity index (χ1v) is 8.54. The maximum Gasteiger partial charge on any atom is 0.227 e. The summed E-state index contributed by atoms with van der Waals surface area (Å²) >= 11 is 0. The normalized spacial score (nSPS) is 17.4. The molecule has 1 aliphatic heterocycles. The maximum atomic E-state index is 12.7. The first-order chi connectivity index (χ1) is 11.7. The number of aryl methyl sites for hydroxylation is 1. The number of nitrogens with zero attached hydrogens (tertiary/aromatic N) is 4. The van der Waals surface area contributed by atoms with E-state index in [0.29, 0.717) is 13.0 Å². The Hall–Kier alpha value is -2.21. The molecule has 1 amide bonds. The van der Waals surface area contributed by atoms with Crippen molar-refractivity contribution in [2.45, 2.75) is 45.3 Å². The number of likely N-dealkylation sites (tertiary alicyclic amines) is 1. The van der Waals surface area contributed by atoms with Gasteiger partial charge in [0.25, 0.3) is 0 Å². The van der Waals surface area contributed by atoms with Crippen LogP contribution in [0.1, 0.15) is 29.7 Å². The fraction of sp³-hybridized carbons (Fsp3) is 0.500. The molecule has 0 aliphatic carbocycles. The van der Waals surface area contributed by atoms with Crippen LogP contribution in [0.15, 0.2) is 30.5 Å². The van der Waals surface area contributed by atoms with Gasteiger partial charge in [0.05, 0.1) is 24.7 Å². The van der Waals surface area contributed by atoms with Gasteiger partial charge in [-0.05, 0) is 32.4 Å². The summed E-state index contributed by atoms with van der Waals surface area (Å²) in [5.41, 5.74) is 3.20. The largest absolute Gasteiger partial charge is 0.338 e. The first kappa shape index (κ1) is 16.6. The highest BCUT2D eigenvalue weighted by molar-refractivity contribution is 5.79. The summed E-state index contributed by atoms with van der Waals surface area (Å²) in [7, 11) is 1.89. The lowest BCUT2D eigenvalue weighted by molar-refractivity contribution is -0.131. The van der Waals surface area contributed by atoms with Crippen LogP contribution in [0.5, 0.6) is 0 Å². The minimum Gasteiger partial charge on any atom is -0.338 e. The molecular formula is C18H25N5O. The van der Waals surface area contributed by atoms with Gasteiger partial charge in [0.2, 0.25) is 5.91 Å². The lowest BCUT2D eigenvalue weighted by Gasteiger charge is -2.24. The summed E-state index contributed by atoms with van der Waals surface area (Å²) in [6.45, 7) is 4.32. The molecule has 1 N–H and O–H groups in total. The van der Waals surface area contributed by atoms with Crippen LogP contribution < -0.4 is 5.32 Å². The van der Waals surface area contributed by atoms with Crippen LogP contribution in [0.3, 0.4) is 0 Å². The van der Waals surface area contributed by atoms with Crippen LogP contribution in [0.25, 0.3) is 0 Å². The molecule has 0 saturated carbocycles. The summed E-state index contributed by atoms with van der Waals surface area (Å²) in [6.07, 6.45) is 4.52. The van der Waals surface area contributed by atoms with Crippen molar-refractivity contribution in [1.29, 1.82) is 0 Å². The van der Waals surface area contributed by atoms with Crippen LogP contribution >= 0.6 is 0 Å². The molecule has 128 valence electrons. The quantitative estimate of drug-likeness (QED) is 0.874. The average molecular weight is 327 g/mol. The Bertz CT molecular complexity index is 696. The number of hydrogen-bond acceptors (Lipinski definition) is 4. The molecule has 1 aromatic carbocycles. The summed E-state index contributed by atoms with van der Waals surface area (Å²) in [5, 5.41) is 11.4. The summed E-state index contributed by atoms with van der Waals surface area (Å²) < 4.78 is 1.86. The van der Waals surface area contributed by atoms with Gasteiger partial charge in [-0.2, -0.15) is 0 Å². The molecule has 1 unspecified atom stereocenters. The van der Waals surface area contributed by atoms with E-state index in [-0.39, 0.29) is 11.9 Å². The van der Waals surface area contributed by atoms with Crippen molar-refractivity contribution in [2.24, 2.45) is 0 Å². The molecule has 24 heavy (non-hydrogen) atoms. The minimum absolute atomic E-state index is 0.207. The number of nitrogens with one attached hydrogen (secondary N) is 1. The van der Waals surface area contributed by atoms with Gasteiger partial charge in [-0.25, -0.2) is 0 Å². The number of amides is 1. The van der Waals surface area contributed by atoms with E-state index < -0.39 is 0 Å². The summed E-state index contributed by atoms with van der Waals surface area (Å²) in [6, 6.07) is 8.39. The Labute approximate surface area is 142 Å². The van der Waals surface area contributed by atoms with Gasteiger partial charge in [-0.15, -0.1) is 5.10 Å². The van der Waals surface area contributed by atoms with Crippen LogP contribution in [-0.2, 0) is 24.3 Å². The summed E-state index contributed by atoms with van der Waals surface area (Å²) in [5.74, 6) is 0.207. The molecule has 1 saturated heterocycles. The van der Waals surface area contributed by atoms with Crippen molar-refractivity contribution in [3.05, 3.63) is 47.3 Å². The zero-order valence-electron chi connectivity index (χ0n) is 14.4. The molecule has 1 aliphatic rings. The molecular weight excluding hydrogens is 302 g/mol. The van der Waals surface area contributed by atoms with Crippen molar-refractivity contribution in [3.8, 4) is 0 Å². The lowest BCUT2D eigenvalue weighted by atomic mass is 10.1. The van der Waals surface area contributed by atoms with Crippen LogP contribution in [0, 0.1) is 6.92 Å². The molecule has 0 radical (unpaired) electrons. The number of rotatable bonds is 6. The Kier molecular flexibility index (Phi) is 5.25. The van der Waals surface area contributed by atoms with E-state index in [1.54, 1.807) is 0 Å². The van der Waals surface area contributed by atoms with Crippen LogP contribution in [0.2, 0.25) is 0 Å². The molecule has 2 aromatic rings. The third-order valence-corrected chi connectivity index (χ3v) is 4.48. The molecule has 0 bridgehead atoms. The third-order valence-electron chi connectivity index (χ3n) is 4.48. The molecule has 2 heterocycles. The number of carbonyl (C=O) groups excluding carboxylic acids is 1. The van der Waals surface area contributed by atoms with Crippen molar-refractivity contribution in [1.82, 2.24) is 25.2 Å². The number of hydrogen-bond donors (Lipinski definition) is 1. The van der Waals surface area contributed by atoms with Gasteiger partial charge < -0.3 is 10.2 Å². The topological polar surface area (TPSA) is 63.1 Å². The molecule has 1 atom stereocenters. The number of aromatic nitrogens is 3. The monoisotopic (exact) mass is 327 g/mol. The molecule has 6 heteroatoms. The van der Waals surface area contributed by atoms with Gasteiger partial charge in [0.15, 0.2) is 0 Å². The zero-order chi connectivity index (χ0) is 16.9. The number of benzene rings is 1. The van der Waals surface area contributed by atoms with Gasteiger partial charge in [0, 0.05) is 19.3 Å². The van der Waals surface area contributed by atoms with Crippen molar-refractivity contribution in [2.75, 3.05) is 13.6 Å². The second kappa shape index (κ2) is 7.57. The summed E-state index contributed by atoms with van der Waals surface area (Å²) in [4.78, 5) is 14.7. The highest BCUT2D eigenvalue weighted by atomic mass is 16.2. The fourth-order valence-electron chi connectivity index (χ4n) is 3.36. The van der Waals surface area contributed by atoms with Crippen molar-refractivity contribution in [3.63, 3.8) is 0 Å². The van der Waals surface area contributed by atoms with Crippen molar-refractivity contribution >= 4 is 5.91 Å². The van der Waals surface area contributed by atoms with E-state index in [1.807, 2.05) is 35.0 Å². The molecule has 6 nitrogen and oxygen atoms in total. The van der Waals surface area contributed by atoms with Gasteiger partial charge in [0.1, 0.15) is 0 Å². The van der Waals surface area contributed by atoms with Crippen LogP contribution in [-0.4, -0.2) is 45.4 Å². The van der Waals surface area contributed by atoms with Crippen molar-refractivity contribution < 1.29 is 4.79 Å². The van der Waals surface area contributed by atoms with Crippen LogP contribution in [0.4, 0.5) is 0 Å². The number of carbonyl (C=O) groups is 1. The molecule has 0 spiro atoms. The van der Waals surface area contributed by atoms with E-state index in [4.69, 9.17) is 0 Å². The molecule has 1 aromatic heterocycles. The second-order valence-electron chi connectivity index (χ2n) is 6.51. The zero-order valence-corrected chi connectivity index (χ0v) is 14.4. The Morgan fingerprint density at radius 1 is 1.42 bits per heavy atom. The first-order valence-electron chi connectivity index (χ1n) is 8.54. The fourth-order valence-corrected chi connectivity index (χ4v) is 3.36. The minimum atomic E-state index is 0.207. The van der Waals surface area contributed by atoms with E-state index in [2.05, 4.69) is 34.7 Å². The SMILES string of the molecule is CNCc1cn(CC2CCCN2C(=O)Cc2cccc(C)c2)nn1.